The smallest absolute Gasteiger partial charge is 0.329 e. The van der Waals surface area contributed by atoms with Gasteiger partial charge in [-0.15, -0.1) is 11.3 Å². The summed E-state index contributed by atoms with van der Waals surface area (Å²) < 4.78 is 5.32. The van der Waals surface area contributed by atoms with E-state index in [1.54, 1.807) is 36.4 Å². The van der Waals surface area contributed by atoms with Crippen molar-refractivity contribution in [1.82, 2.24) is 4.90 Å². The molecule has 2 aromatic rings. The SMILES string of the molecule is C[C@H](OC(=O)[C@@H]1CCCN1C(=O)c1cccs1)C(=O)Nc1ccccc1C#N. The lowest BCUT2D eigenvalue weighted by molar-refractivity contribution is -0.156. The van der Waals surface area contributed by atoms with Gasteiger partial charge in [-0.2, -0.15) is 5.26 Å². The molecule has 1 saturated heterocycles. The second-order valence-electron chi connectivity index (χ2n) is 6.36. The zero-order valence-corrected chi connectivity index (χ0v) is 16.1. The summed E-state index contributed by atoms with van der Waals surface area (Å²) in [5.41, 5.74) is 0.672. The first-order valence-electron chi connectivity index (χ1n) is 8.86. The Balaban J connectivity index is 1.62. The Morgan fingerprint density at radius 1 is 1.29 bits per heavy atom. The molecule has 0 saturated carbocycles. The van der Waals surface area contributed by atoms with Crippen molar-refractivity contribution in [2.75, 3.05) is 11.9 Å². The van der Waals surface area contributed by atoms with Crippen molar-refractivity contribution in [2.24, 2.45) is 0 Å². The minimum atomic E-state index is -1.06. The van der Waals surface area contributed by atoms with E-state index in [1.165, 1.54) is 23.2 Å². The molecule has 7 nitrogen and oxygen atoms in total. The monoisotopic (exact) mass is 397 g/mol. The van der Waals surface area contributed by atoms with Gasteiger partial charge >= 0.3 is 5.97 Å². The second kappa shape index (κ2) is 8.67. The highest BCUT2D eigenvalue weighted by atomic mass is 32.1. The first kappa shape index (κ1) is 19.6. The first-order chi connectivity index (χ1) is 13.5. The van der Waals surface area contributed by atoms with Crippen LogP contribution in [0.5, 0.6) is 0 Å². The average molecular weight is 397 g/mol. The maximum Gasteiger partial charge on any atom is 0.329 e. The van der Waals surface area contributed by atoms with E-state index in [0.29, 0.717) is 35.5 Å². The number of nitrogens with one attached hydrogen (secondary N) is 1. The molecule has 0 unspecified atom stereocenters. The normalized spacial score (nSPS) is 16.9. The molecule has 28 heavy (non-hydrogen) atoms. The molecule has 3 rings (SSSR count). The largest absolute Gasteiger partial charge is 0.451 e. The van der Waals surface area contributed by atoms with Crippen LogP contribution >= 0.6 is 11.3 Å². The van der Waals surface area contributed by atoms with Crippen LogP contribution in [0, 0.1) is 11.3 Å². The third-order valence-corrected chi connectivity index (χ3v) is 5.34. The minimum Gasteiger partial charge on any atom is -0.451 e. The van der Waals surface area contributed by atoms with Gasteiger partial charge in [-0.1, -0.05) is 18.2 Å². The van der Waals surface area contributed by atoms with Crippen LogP contribution in [0.25, 0.3) is 0 Å². The van der Waals surface area contributed by atoms with Gasteiger partial charge in [0.1, 0.15) is 12.1 Å². The van der Waals surface area contributed by atoms with E-state index in [2.05, 4.69) is 5.32 Å². The number of rotatable bonds is 5. The number of anilines is 1. The lowest BCUT2D eigenvalue weighted by Gasteiger charge is -2.24. The topological polar surface area (TPSA) is 99.5 Å². The molecule has 0 radical (unpaired) electrons. The summed E-state index contributed by atoms with van der Waals surface area (Å²) in [6, 6.07) is 11.4. The number of esters is 1. The van der Waals surface area contributed by atoms with Crippen LogP contribution in [0.3, 0.4) is 0 Å². The fraction of sp³-hybridized carbons (Fsp3) is 0.300. The van der Waals surface area contributed by atoms with Crippen LogP contribution in [0.1, 0.15) is 35.0 Å². The maximum atomic E-state index is 12.6. The number of hydrogen-bond acceptors (Lipinski definition) is 6. The highest BCUT2D eigenvalue weighted by Gasteiger charge is 2.37. The molecule has 2 heterocycles. The van der Waals surface area contributed by atoms with Gasteiger partial charge < -0.3 is 15.0 Å². The number of nitrogens with zero attached hydrogens (tertiary/aromatic N) is 2. The summed E-state index contributed by atoms with van der Waals surface area (Å²) in [4.78, 5) is 39.6. The van der Waals surface area contributed by atoms with E-state index < -0.39 is 24.0 Å². The number of nitriles is 1. The summed E-state index contributed by atoms with van der Waals surface area (Å²) in [5.74, 6) is -1.33. The van der Waals surface area contributed by atoms with Gasteiger partial charge in [0.15, 0.2) is 6.10 Å². The first-order valence-corrected chi connectivity index (χ1v) is 9.74. The zero-order chi connectivity index (χ0) is 20.1. The van der Waals surface area contributed by atoms with Crippen molar-refractivity contribution in [1.29, 1.82) is 5.26 Å². The van der Waals surface area contributed by atoms with Crippen LogP contribution in [0.15, 0.2) is 41.8 Å². The molecule has 8 heteroatoms. The molecule has 1 aromatic heterocycles. The molecular weight excluding hydrogens is 378 g/mol. The summed E-state index contributed by atoms with van der Waals surface area (Å²) in [5, 5.41) is 13.5. The number of benzene rings is 1. The molecule has 144 valence electrons. The van der Waals surface area contributed by atoms with E-state index in [9.17, 15) is 14.4 Å². The lowest BCUT2D eigenvalue weighted by atomic mass is 10.2. The Morgan fingerprint density at radius 2 is 2.07 bits per heavy atom. The van der Waals surface area contributed by atoms with Gasteiger partial charge in [0.25, 0.3) is 11.8 Å². The molecule has 1 aliphatic rings. The quantitative estimate of drug-likeness (QED) is 0.782. The van der Waals surface area contributed by atoms with Gasteiger partial charge in [-0.3, -0.25) is 9.59 Å². The Hall–Kier alpha value is -3.18. The van der Waals surface area contributed by atoms with Gasteiger partial charge in [0.2, 0.25) is 0 Å². The molecule has 1 fully saturated rings. The van der Waals surface area contributed by atoms with Crippen LogP contribution in [-0.2, 0) is 14.3 Å². The molecule has 1 N–H and O–H groups in total. The van der Waals surface area contributed by atoms with E-state index in [-0.39, 0.29) is 5.91 Å². The molecule has 0 aliphatic carbocycles. The third-order valence-electron chi connectivity index (χ3n) is 4.49. The molecule has 0 bridgehead atoms. The van der Waals surface area contributed by atoms with Crippen molar-refractivity contribution < 1.29 is 19.1 Å². The average Bonchev–Trinajstić information content (AvgIpc) is 3.39. The standard InChI is InChI=1S/C20H19N3O4S/c1-13(18(24)22-15-7-3-2-6-14(15)12-21)27-20(26)16-8-4-10-23(16)19(25)17-9-5-11-28-17/h2-3,5-7,9,11,13,16H,4,8,10H2,1H3,(H,22,24)/t13-,16-/m0/s1. The molecular formula is C20H19N3O4S. The number of thiophene rings is 1. The van der Waals surface area contributed by atoms with Crippen molar-refractivity contribution in [3.05, 3.63) is 52.2 Å². The number of carbonyl (C=O) groups is 3. The fourth-order valence-electron chi connectivity index (χ4n) is 3.03. The fourth-order valence-corrected chi connectivity index (χ4v) is 3.71. The highest BCUT2D eigenvalue weighted by molar-refractivity contribution is 7.12. The van der Waals surface area contributed by atoms with Crippen molar-refractivity contribution in [2.45, 2.75) is 31.9 Å². The van der Waals surface area contributed by atoms with Crippen LogP contribution in [0.2, 0.25) is 0 Å². The Labute approximate surface area is 166 Å². The Morgan fingerprint density at radius 3 is 2.79 bits per heavy atom. The predicted molar refractivity (Wildman–Crippen MR) is 104 cm³/mol. The van der Waals surface area contributed by atoms with E-state index >= 15 is 0 Å². The van der Waals surface area contributed by atoms with Gasteiger partial charge in [0.05, 0.1) is 16.1 Å². The number of ether oxygens (including phenoxy) is 1. The van der Waals surface area contributed by atoms with E-state index in [0.717, 1.165) is 0 Å². The summed E-state index contributed by atoms with van der Waals surface area (Å²) in [6.07, 6.45) is 0.146. The number of likely N-dealkylation sites (tertiary alicyclic amines) is 1. The van der Waals surface area contributed by atoms with Crippen molar-refractivity contribution >= 4 is 34.8 Å². The highest BCUT2D eigenvalue weighted by Crippen LogP contribution is 2.23. The predicted octanol–water partition coefficient (Wildman–Crippen LogP) is 2.79. The molecule has 1 aromatic carbocycles. The number of para-hydroxylation sites is 1. The molecule has 0 spiro atoms. The molecule has 1 aliphatic heterocycles. The number of hydrogen-bond donors (Lipinski definition) is 1. The van der Waals surface area contributed by atoms with Crippen LogP contribution < -0.4 is 5.32 Å². The maximum absolute atomic E-state index is 12.6. The van der Waals surface area contributed by atoms with E-state index in [1.807, 2.05) is 11.4 Å². The summed E-state index contributed by atoms with van der Waals surface area (Å²) in [6.45, 7) is 1.94. The Kier molecular flexibility index (Phi) is 6.06. The lowest BCUT2D eigenvalue weighted by Crippen LogP contribution is -2.43. The van der Waals surface area contributed by atoms with Crippen LogP contribution in [0.4, 0.5) is 5.69 Å². The third kappa shape index (κ3) is 4.21. The van der Waals surface area contributed by atoms with Crippen molar-refractivity contribution in [3.8, 4) is 6.07 Å². The number of carbonyl (C=O) groups excluding carboxylic acids is 3. The minimum absolute atomic E-state index is 0.200. The van der Waals surface area contributed by atoms with Gasteiger partial charge in [-0.05, 0) is 43.3 Å². The van der Waals surface area contributed by atoms with E-state index in [4.69, 9.17) is 10.00 Å². The van der Waals surface area contributed by atoms with Gasteiger partial charge in [0, 0.05) is 6.54 Å². The summed E-state index contributed by atoms with van der Waals surface area (Å²) in [7, 11) is 0. The zero-order valence-electron chi connectivity index (χ0n) is 15.3. The van der Waals surface area contributed by atoms with Crippen LogP contribution in [-0.4, -0.2) is 41.4 Å². The number of amides is 2. The molecule has 2 amide bonds. The Bertz CT molecular complexity index is 920. The second-order valence-corrected chi connectivity index (χ2v) is 7.31. The molecule has 2 atom stereocenters. The van der Waals surface area contributed by atoms with Gasteiger partial charge in [-0.25, -0.2) is 4.79 Å². The summed E-state index contributed by atoms with van der Waals surface area (Å²) >= 11 is 1.32. The van der Waals surface area contributed by atoms with Crippen molar-refractivity contribution in [3.63, 3.8) is 0 Å².